The summed E-state index contributed by atoms with van der Waals surface area (Å²) in [6.45, 7) is 0.0941. The summed E-state index contributed by atoms with van der Waals surface area (Å²) in [5, 5.41) is -0.0441. The third-order valence-corrected chi connectivity index (χ3v) is 7.22. The largest absolute Gasteiger partial charge is 0.459 e. The van der Waals surface area contributed by atoms with Crippen molar-refractivity contribution in [3.8, 4) is 0 Å². The van der Waals surface area contributed by atoms with Crippen molar-refractivity contribution in [2.45, 2.75) is 30.8 Å². The van der Waals surface area contributed by atoms with E-state index in [-0.39, 0.29) is 36.2 Å². The average molecular weight is 578 g/mol. The Hall–Kier alpha value is -3.91. The number of nitrogens with zero attached hydrogens (tertiary/aromatic N) is 5. The number of esters is 1. The topological polar surface area (TPSA) is 116 Å². The van der Waals surface area contributed by atoms with Gasteiger partial charge in [-0.25, -0.2) is 24.1 Å². The number of benzene rings is 1. The lowest BCUT2D eigenvalue weighted by Crippen LogP contribution is -2.35. The van der Waals surface area contributed by atoms with Crippen LogP contribution in [-0.2, 0) is 20.3 Å². The number of hydrogen-bond donors (Lipinski definition) is 0. The summed E-state index contributed by atoms with van der Waals surface area (Å²) in [7, 11) is -0.396. The Morgan fingerprint density at radius 2 is 1.93 bits per heavy atom. The first-order valence-corrected chi connectivity index (χ1v) is 13.5. The van der Waals surface area contributed by atoms with E-state index in [0.29, 0.717) is 22.3 Å². The van der Waals surface area contributed by atoms with Gasteiger partial charge in [0.2, 0.25) is 5.16 Å². The van der Waals surface area contributed by atoms with Crippen molar-refractivity contribution in [3.63, 3.8) is 0 Å². The molecule has 3 aromatic rings. The normalized spacial score (nSPS) is 16.3. The van der Waals surface area contributed by atoms with Gasteiger partial charge in [-0.05, 0) is 36.8 Å². The number of carbonyl (C=O) groups is 2. The second-order valence-corrected chi connectivity index (χ2v) is 10.2. The molecule has 3 heterocycles. The fourth-order valence-corrected chi connectivity index (χ4v) is 5.15. The van der Waals surface area contributed by atoms with Gasteiger partial charge >= 0.3 is 18.2 Å². The maximum Gasteiger partial charge on any atom is 0.411 e. The Morgan fingerprint density at radius 3 is 2.65 bits per heavy atom. The number of fused-ring (bicyclic) bond motifs is 1. The van der Waals surface area contributed by atoms with E-state index in [9.17, 15) is 27.0 Å². The van der Waals surface area contributed by atoms with Crippen LogP contribution >= 0.6 is 0 Å². The molecule has 1 aliphatic rings. The summed E-state index contributed by atoms with van der Waals surface area (Å²) in [4.78, 5) is 39.5. The van der Waals surface area contributed by atoms with Crippen molar-refractivity contribution < 1.29 is 36.4 Å². The minimum Gasteiger partial charge on any atom is -0.459 e. The molecule has 14 heteroatoms. The molecule has 0 saturated carbocycles. The predicted octanol–water partition coefficient (Wildman–Crippen LogP) is 3.99. The summed E-state index contributed by atoms with van der Waals surface area (Å²) in [5.74, 6) is -0.818. The van der Waals surface area contributed by atoms with Gasteiger partial charge in [0.15, 0.2) is 0 Å². The number of para-hydroxylation sites is 2. The van der Waals surface area contributed by atoms with Crippen LogP contribution < -0.4 is 0 Å². The number of aromatic nitrogens is 3. The van der Waals surface area contributed by atoms with E-state index >= 15 is 0 Å². The van der Waals surface area contributed by atoms with Gasteiger partial charge in [0.25, 0.3) is 0 Å². The lowest BCUT2D eigenvalue weighted by Gasteiger charge is -2.23. The zero-order valence-electron chi connectivity index (χ0n) is 21.6. The molecule has 1 amide bonds. The number of amides is 1. The summed E-state index contributed by atoms with van der Waals surface area (Å²) in [6.07, 6.45) is -2.29. The molecule has 1 aromatic carbocycles. The van der Waals surface area contributed by atoms with Crippen molar-refractivity contribution in [3.05, 3.63) is 65.6 Å². The highest BCUT2D eigenvalue weighted by Gasteiger charge is 2.31. The number of hydrogen-bond acceptors (Lipinski definition) is 8. The Morgan fingerprint density at radius 1 is 1.18 bits per heavy atom. The van der Waals surface area contributed by atoms with Gasteiger partial charge in [0.05, 0.1) is 45.9 Å². The smallest absolute Gasteiger partial charge is 0.411 e. The second kappa shape index (κ2) is 12.5. The number of likely N-dealkylation sites (N-methyl/N-ethyl adjacent to an activating group) is 1. The number of ether oxygens (including phenoxy) is 2. The highest BCUT2D eigenvalue weighted by atomic mass is 32.2. The molecular weight excluding hydrogens is 551 g/mol. The van der Waals surface area contributed by atoms with Crippen molar-refractivity contribution in [1.29, 1.82) is 0 Å². The van der Waals surface area contributed by atoms with Crippen molar-refractivity contribution in [1.82, 2.24) is 19.4 Å². The number of rotatable bonds is 9. The molecule has 10 nitrogen and oxygen atoms in total. The number of carbonyl (C=O) groups excluding carboxylic acids is 2. The van der Waals surface area contributed by atoms with Gasteiger partial charge < -0.3 is 14.4 Å². The van der Waals surface area contributed by atoms with Crippen LogP contribution in [0.4, 0.5) is 18.0 Å². The van der Waals surface area contributed by atoms with Gasteiger partial charge in [-0.1, -0.05) is 18.2 Å². The average Bonchev–Trinajstić information content (AvgIpc) is 3.32. The highest BCUT2D eigenvalue weighted by Crippen LogP contribution is 2.26. The van der Waals surface area contributed by atoms with Crippen LogP contribution in [-0.4, -0.2) is 86.7 Å². The maximum atomic E-state index is 13.5. The second-order valence-electron chi connectivity index (χ2n) is 8.86. The molecule has 4 rings (SSSR count). The molecule has 212 valence electrons. The van der Waals surface area contributed by atoms with Gasteiger partial charge in [0.1, 0.15) is 18.9 Å². The highest BCUT2D eigenvalue weighted by molar-refractivity contribution is 7.85. The summed E-state index contributed by atoms with van der Waals surface area (Å²) < 4.78 is 62.9. The molecular formula is C26H26F3N5O5S. The molecule has 0 spiro atoms. The van der Waals surface area contributed by atoms with Crippen LogP contribution in [0.3, 0.4) is 0 Å². The third kappa shape index (κ3) is 6.99. The number of alkyl halides is 3. The predicted molar refractivity (Wildman–Crippen MR) is 141 cm³/mol. The van der Waals surface area contributed by atoms with Gasteiger partial charge in [0, 0.05) is 25.9 Å². The molecule has 0 radical (unpaired) electrons. The van der Waals surface area contributed by atoms with E-state index in [0.717, 1.165) is 0 Å². The minimum atomic E-state index is -4.48. The zero-order valence-corrected chi connectivity index (χ0v) is 22.4. The van der Waals surface area contributed by atoms with Gasteiger partial charge in [-0.2, -0.15) is 13.2 Å². The van der Waals surface area contributed by atoms with E-state index in [1.807, 2.05) is 0 Å². The number of imidazole rings is 1. The molecule has 1 unspecified atom stereocenters. The molecule has 0 N–H and O–H groups in total. The summed E-state index contributed by atoms with van der Waals surface area (Å²) in [5.41, 5.74) is 1.71. The molecule has 2 aromatic heterocycles. The molecule has 1 aliphatic heterocycles. The lowest BCUT2D eigenvalue weighted by molar-refractivity contribution is -0.181. The Labute approximate surface area is 230 Å². The van der Waals surface area contributed by atoms with E-state index in [1.54, 1.807) is 43.3 Å². The quantitative estimate of drug-likeness (QED) is 0.353. The Bertz CT molecular complexity index is 1470. The lowest BCUT2D eigenvalue weighted by atomic mass is 10.0. The molecule has 0 fully saturated rings. The van der Waals surface area contributed by atoms with Crippen molar-refractivity contribution in [2.75, 3.05) is 32.6 Å². The summed E-state index contributed by atoms with van der Waals surface area (Å²) >= 11 is 0. The van der Waals surface area contributed by atoms with Crippen LogP contribution in [0.1, 0.15) is 23.8 Å². The number of pyridine rings is 1. The number of halogens is 3. The first kappa shape index (κ1) is 29.1. The van der Waals surface area contributed by atoms with E-state index in [1.165, 1.54) is 35.0 Å². The number of aliphatic imine (C=N–C) groups is 1. The molecule has 0 bridgehead atoms. The Kier molecular flexibility index (Phi) is 9.10. The SMILES string of the molecule is CC1=C(C[S@@](=O)c2nc3ccccc3n2C(=O)N(C)CCOC(=O)c2ccccn2)N=CCC1OCC(F)(F)F. The third-order valence-electron chi connectivity index (χ3n) is 6.01. The molecule has 0 aliphatic carbocycles. The van der Waals surface area contributed by atoms with Gasteiger partial charge in [-0.3, -0.25) is 9.20 Å². The molecule has 40 heavy (non-hydrogen) atoms. The summed E-state index contributed by atoms with van der Waals surface area (Å²) in [6, 6.07) is 11.0. The van der Waals surface area contributed by atoms with E-state index in [4.69, 9.17) is 9.47 Å². The Balaban J connectivity index is 1.50. The monoisotopic (exact) mass is 577 g/mol. The minimum absolute atomic E-state index is 0.0305. The standard InChI is InChI=1S/C26H26F3N5O5S/c1-17-20(31-12-10-22(17)39-16-26(27,28)29)15-40(37)24-32-18-7-3-4-9-21(18)34(24)25(36)33(2)13-14-38-23(35)19-8-5-6-11-30-19/h3-9,11-12,22H,10,13-16H2,1-2H3/t22?,40-/m1/s1. The first-order valence-electron chi connectivity index (χ1n) is 12.1. The van der Waals surface area contributed by atoms with Crippen LogP contribution in [0.2, 0.25) is 0 Å². The van der Waals surface area contributed by atoms with Crippen LogP contribution in [0, 0.1) is 0 Å². The van der Waals surface area contributed by atoms with Crippen LogP contribution in [0.15, 0.2) is 70.1 Å². The van der Waals surface area contributed by atoms with Crippen molar-refractivity contribution in [2.24, 2.45) is 4.99 Å². The molecule has 0 saturated heterocycles. The molecule has 2 atom stereocenters. The van der Waals surface area contributed by atoms with Crippen LogP contribution in [0.25, 0.3) is 11.0 Å². The zero-order chi connectivity index (χ0) is 28.9. The first-order chi connectivity index (χ1) is 19.0. The van der Waals surface area contributed by atoms with Crippen molar-refractivity contribution >= 4 is 40.0 Å². The van der Waals surface area contributed by atoms with E-state index < -0.39 is 41.7 Å². The van der Waals surface area contributed by atoms with Gasteiger partial charge in [-0.15, -0.1) is 0 Å². The maximum absolute atomic E-state index is 13.5. The fourth-order valence-electron chi connectivity index (χ4n) is 3.89. The van der Waals surface area contributed by atoms with E-state index in [2.05, 4.69) is 15.0 Å². The van der Waals surface area contributed by atoms with Crippen LogP contribution in [0.5, 0.6) is 0 Å². The fraction of sp³-hybridized carbons (Fsp3) is 0.346.